The number of nitrogens with zero attached hydrogens (tertiary/aromatic N) is 1. The Balaban J connectivity index is 2.04. The van der Waals surface area contributed by atoms with Gasteiger partial charge in [-0.2, -0.15) is 13.2 Å². The van der Waals surface area contributed by atoms with Crippen LogP contribution in [0.5, 0.6) is 0 Å². The molecule has 3 nitrogen and oxygen atoms in total. The normalized spacial score (nSPS) is 20.9. The van der Waals surface area contributed by atoms with Crippen LogP contribution in [0.15, 0.2) is 24.3 Å². The van der Waals surface area contributed by atoms with Gasteiger partial charge in [-0.15, -0.1) is 0 Å². The van der Waals surface area contributed by atoms with E-state index in [1.807, 2.05) is 4.90 Å². The van der Waals surface area contributed by atoms with E-state index in [-0.39, 0.29) is 11.1 Å². The quantitative estimate of drug-likeness (QED) is 0.869. The summed E-state index contributed by atoms with van der Waals surface area (Å²) in [6.07, 6.45) is -4.65. The van der Waals surface area contributed by atoms with Crippen LogP contribution in [0, 0.1) is 0 Å². The minimum Gasteiger partial charge on any atom is -0.391 e. The number of nitrogens with two attached hydrogens (primary N) is 1. The van der Waals surface area contributed by atoms with E-state index in [0.717, 1.165) is 6.07 Å². The second-order valence-corrected chi connectivity index (χ2v) is 5.17. The fourth-order valence-electron chi connectivity index (χ4n) is 2.12. The molecule has 1 unspecified atom stereocenters. The Bertz CT molecular complexity index is 493. The molecule has 0 bridgehead atoms. The van der Waals surface area contributed by atoms with Crippen LogP contribution in [0.1, 0.15) is 11.1 Å². The lowest BCUT2D eigenvalue weighted by atomic mass is 10.1. The molecule has 1 fully saturated rings. The molecule has 0 radical (unpaired) electrons. The van der Waals surface area contributed by atoms with Crippen LogP contribution in [-0.2, 0) is 17.5 Å². The lowest BCUT2D eigenvalue weighted by Crippen LogP contribution is -2.47. The molecule has 0 aromatic heterocycles. The number of thiocarbonyl (C=S) groups is 1. The molecule has 2 N–H and O–H groups in total. The first-order valence-corrected chi connectivity index (χ1v) is 6.56. The van der Waals surface area contributed by atoms with E-state index in [1.54, 1.807) is 6.07 Å². The Kier molecular flexibility index (Phi) is 4.62. The van der Waals surface area contributed by atoms with Crippen LogP contribution in [-0.4, -0.2) is 35.7 Å². The SMILES string of the molecule is NC(=S)C1CN(Cc2cccc(C(F)(F)F)c2)CCO1. The largest absolute Gasteiger partial charge is 0.416 e. The summed E-state index contributed by atoms with van der Waals surface area (Å²) in [5, 5.41) is 0. The first-order chi connectivity index (χ1) is 9.36. The third kappa shape index (κ3) is 3.91. The molecule has 1 aromatic rings. The van der Waals surface area contributed by atoms with Gasteiger partial charge in [0.25, 0.3) is 0 Å². The van der Waals surface area contributed by atoms with Gasteiger partial charge in [-0.25, -0.2) is 0 Å². The number of alkyl halides is 3. The van der Waals surface area contributed by atoms with Gasteiger partial charge in [-0.3, -0.25) is 4.90 Å². The van der Waals surface area contributed by atoms with Crippen LogP contribution in [0.25, 0.3) is 0 Å². The highest BCUT2D eigenvalue weighted by Gasteiger charge is 2.30. The molecule has 1 aliphatic rings. The molecule has 0 aliphatic carbocycles. The van der Waals surface area contributed by atoms with Crippen molar-refractivity contribution in [3.63, 3.8) is 0 Å². The van der Waals surface area contributed by atoms with Crippen molar-refractivity contribution in [2.45, 2.75) is 18.8 Å². The number of halogens is 3. The highest BCUT2D eigenvalue weighted by molar-refractivity contribution is 7.80. The first-order valence-electron chi connectivity index (χ1n) is 6.15. The van der Waals surface area contributed by atoms with Crippen LogP contribution in [0.2, 0.25) is 0 Å². The van der Waals surface area contributed by atoms with Gasteiger partial charge in [0.1, 0.15) is 11.1 Å². The molecule has 1 aromatic carbocycles. The fourth-order valence-corrected chi connectivity index (χ4v) is 2.27. The Morgan fingerprint density at radius 3 is 2.85 bits per heavy atom. The average Bonchev–Trinajstić information content (AvgIpc) is 2.38. The molecule has 1 heterocycles. The summed E-state index contributed by atoms with van der Waals surface area (Å²) in [4.78, 5) is 2.27. The molecular weight excluding hydrogens is 289 g/mol. The highest BCUT2D eigenvalue weighted by atomic mass is 32.1. The monoisotopic (exact) mass is 304 g/mol. The molecule has 2 rings (SSSR count). The zero-order valence-corrected chi connectivity index (χ0v) is 11.5. The number of rotatable bonds is 3. The molecule has 0 amide bonds. The second-order valence-electron chi connectivity index (χ2n) is 4.70. The maximum atomic E-state index is 12.6. The summed E-state index contributed by atoms with van der Waals surface area (Å²) in [6.45, 7) is 2.05. The molecule has 110 valence electrons. The topological polar surface area (TPSA) is 38.5 Å². The van der Waals surface area contributed by atoms with Gasteiger partial charge in [0.2, 0.25) is 0 Å². The van der Waals surface area contributed by atoms with Gasteiger partial charge in [0, 0.05) is 19.6 Å². The Labute approximate surface area is 120 Å². The molecule has 7 heteroatoms. The molecule has 1 atom stereocenters. The van der Waals surface area contributed by atoms with Gasteiger partial charge < -0.3 is 10.5 Å². The van der Waals surface area contributed by atoms with Gasteiger partial charge >= 0.3 is 6.18 Å². The van der Waals surface area contributed by atoms with E-state index in [9.17, 15) is 13.2 Å². The lowest BCUT2D eigenvalue weighted by Gasteiger charge is -2.32. The van der Waals surface area contributed by atoms with Crippen molar-refractivity contribution in [2.75, 3.05) is 19.7 Å². The van der Waals surface area contributed by atoms with Crippen molar-refractivity contribution in [3.05, 3.63) is 35.4 Å². The Hall–Kier alpha value is -1.18. The highest BCUT2D eigenvalue weighted by Crippen LogP contribution is 2.29. The minimum atomic E-state index is -4.32. The molecule has 0 saturated carbocycles. The van der Waals surface area contributed by atoms with Gasteiger partial charge in [-0.05, 0) is 11.6 Å². The van der Waals surface area contributed by atoms with Crippen molar-refractivity contribution in [2.24, 2.45) is 5.73 Å². The van der Waals surface area contributed by atoms with Crippen molar-refractivity contribution >= 4 is 17.2 Å². The fraction of sp³-hybridized carbons (Fsp3) is 0.462. The number of ether oxygens (including phenoxy) is 1. The predicted octanol–water partition coefficient (Wildman–Crippen LogP) is 2.19. The summed E-state index contributed by atoms with van der Waals surface area (Å²) < 4.78 is 43.3. The van der Waals surface area contributed by atoms with Gasteiger partial charge in [0.05, 0.1) is 12.2 Å². The summed E-state index contributed by atoms with van der Waals surface area (Å²) in [6, 6.07) is 5.34. The molecular formula is C13H15F3N2OS. The Morgan fingerprint density at radius 2 is 2.20 bits per heavy atom. The van der Waals surface area contributed by atoms with Crippen LogP contribution >= 0.6 is 12.2 Å². The molecule has 0 spiro atoms. The maximum absolute atomic E-state index is 12.6. The summed E-state index contributed by atoms with van der Waals surface area (Å²) in [7, 11) is 0. The number of benzene rings is 1. The van der Waals surface area contributed by atoms with E-state index in [4.69, 9.17) is 22.7 Å². The van der Waals surface area contributed by atoms with Crippen molar-refractivity contribution < 1.29 is 17.9 Å². The van der Waals surface area contributed by atoms with E-state index in [2.05, 4.69) is 0 Å². The first kappa shape index (κ1) is 15.2. The summed E-state index contributed by atoms with van der Waals surface area (Å²) in [5.41, 5.74) is 5.52. The maximum Gasteiger partial charge on any atom is 0.416 e. The molecule has 1 saturated heterocycles. The van der Waals surface area contributed by atoms with Gasteiger partial charge in [0.15, 0.2) is 0 Å². The van der Waals surface area contributed by atoms with Crippen molar-refractivity contribution in [3.8, 4) is 0 Å². The van der Waals surface area contributed by atoms with E-state index in [1.165, 1.54) is 12.1 Å². The minimum absolute atomic E-state index is 0.277. The predicted molar refractivity (Wildman–Crippen MR) is 73.2 cm³/mol. The second kappa shape index (κ2) is 6.07. The average molecular weight is 304 g/mol. The van der Waals surface area contributed by atoms with Crippen LogP contribution < -0.4 is 5.73 Å². The molecule has 1 aliphatic heterocycles. The summed E-state index contributed by atoms with van der Waals surface area (Å²) >= 11 is 4.88. The van der Waals surface area contributed by atoms with Crippen LogP contribution in [0.3, 0.4) is 0 Å². The standard InChI is InChI=1S/C13H15F3N2OS/c14-13(15,16)10-3-1-2-9(6-10)7-18-4-5-19-11(8-18)12(17)20/h1-3,6,11H,4-5,7-8H2,(H2,17,20). The number of morpholine rings is 1. The van der Waals surface area contributed by atoms with E-state index in [0.29, 0.717) is 31.8 Å². The van der Waals surface area contributed by atoms with Gasteiger partial charge in [-0.1, -0.05) is 30.4 Å². The summed E-state index contributed by atoms with van der Waals surface area (Å²) in [5.74, 6) is 0. The zero-order chi connectivity index (χ0) is 14.8. The number of hydrogen-bond donors (Lipinski definition) is 1. The van der Waals surface area contributed by atoms with E-state index >= 15 is 0 Å². The van der Waals surface area contributed by atoms with Crippen molar-refractivity contribution in [1.29, 1.82) is 0 Å². The van der Waals surface area contributed by atoms with Crippen molar-refractivity contribution in [1.82, 2.24) is 4.90 Å². The van der Waals surface area contributed by atoms with Crippen LogP contribution in [0.4, 0.5) is 13.2 Å². The number of hydrogen-bond acceptors (Lipinski definition) is 3. The third-order valence-electron chi connectivity index (χ3n) is 3.13. The Morgan fingerprint density at radius 1 is 1.45 bits per heavy atom. The molecule has 20 heavy (non-hydrogen) atoms. The smallest absolute Gasteiger partial charge is 0.391 e. The third-order valence-corrected chi connectivity index (χ3v) is 3.39. The zero-order valence-electron chi connectivity index (χ0n) is 10.7. The lowest BCUT2D eigenvalue weighted by molar-refractivity contribution is -0.137. The van der Waals surface area contributed by atoms with E-state index < -0.39 is 11.7 Å².